The molecule has 1 N–H and O–H groups in total. The highest BCUT2D eigenvalue weighted by Gasteiger charge is 2.05. The highest BCUT2D eigenvalue weighted by molar-refractivity contribution is 9.10. The van der Waals surface area contributed by atoms with Crippen molar-refractivity contribution in [3.8, 4) is 0 Å². The second-order valence-electron chi connectivity index (χ2n) is 4.44. The molecule has 0 aliphatic rings. The molecule has 0 aliphatic heterocycles. The molecule has 2 aromatic heterocycles. The normalized spacial score (nSPS) is 11.1. The second kappa shape index (κ2) is 5.23. The molecule has 0 radical (unpaired) electrons. The molecular weight excluding hydrogens is 340 g/mol. The lowest BCUT2D eigenvalue weighted by molar-refractivity contribution is 1.17. The van der Waals surface area contributed by atoms with Crippen molar-refractivity contribution in [3.05, 3.63) is 44.1 Å². The van der Waals surface area contributed by atoms with Gasteiger partial charge in [-0.15, -0.1) is 11.3 Å². The average Bonchev–Trinajstić information content (AvgIpc) is 2.90. The zero-order valence-electron chi connectivity index (χ0n) is 10.7. The molecule has 0 saturated carbocycles. The molecule has 0 unspecified atom stereocenters. The first kappa shape index (κ1) is 13.1. The molecule has 0 aliphatic carbocycles. The Kier molecular flexibility index (Phi) is 3.60. The largest absolute Gasteiger partial charge is 0.357 e. The molecule has 0 bridgehead atoms. The van der Waals surface area contributed by atoms with Crippen LogP contribution in [0.1, 0.15) is 15.3 Å². The summed E-state index contributed by atoms with van der Waals surface area (Å²) < 4.78 is 2.30. The van der Waals surface area contributed by atoms with E-state index in [1.807, 2.05) is 23.5 Å². The second-order valence-corrected chi connectivity index (χ2v) is 7.72. The van der Waals surface area contributed by atoms with E-state index in [0.717, 1.165) is 21.7 Å². The van der Waals surface area contributed by atoms with E-state index in [0.29, 0.717) is 0 Å². The van der Waals surface area contributed by atoms with Gasteiger partial charge in [-0.1, -0.05) is 27.3 Å². The summed E-state index contributed by atoms with van der Waals surface area (Å²) in [6, 6.07) is 8.42. The molecule has 5 heteroatoms. The Morgan fingerprint density at radius 1 is 1.21 bits per heavy atom. The molecule has 2 nitrogen and oxygen atoms in total. The van der Waals surface area contributed by atoms with Crippen molar-refractivity contribution in [2.75, 3.05) is 5.32 Å². The first-order valence-electron chi connectivity index (χ1n) is 5.98. The van der Waals surface area contributed by atoms with Crippen LogP contribution in [0.2, 0.25) is 0 Å². The molecule has 19 heavy (non-hydrogen) atoms. The van der Waals surface area contributed by atoms with Crippen molar-refractivity contribution in [2.24, 2.45) is 0 Å². The van der Waals surface area contributed by atoms with Crippen LogP contribution < -0.4 is 5.32 Å². The molecule has 3 rings (SSSR count). The van der Waals surface area contributed by atoms with Gasteiger partial charge in [0.05, 0.1) is 16.8 Å². The van der Waals surface area contributed by atoms with Gasteiger partial charge in [-0.2, -0.15) is 0 Å². The predicted molar refractivity (Wildman–Crippen MR) is 88.4 cm³/mol. The predicted octanol–water partition coefficient (Wildman–Crippen LogP) is 5.35. The number of nitrogens with one attached hydrogen (secondary N) is 1. The van der Waals surface area contributed by atoms with E-state index >= 15 is 0 Å². The summed E-state index contributed by atoms with van der Waals surface area (Å²) in [5.74, 6) is 0. The minimum Gasteiger partial charge on any atom is -0.357 e. The third kappa shape index (κ3) is 2.83. The van der Waals surface area contributed by atoms with Gasteiger partial charge in [0.1, 0.15) is 0 Å². The number of thiazole rings is 1. The lowest BCUT2D eigenvalue weighted by Gasteiger charge is -1.98. The minimum absolute atomic E-state index is 0.848. The highest BCUT2D eigenvalue weighted by Crippen LogP contribution is 2.29. The number of hydrogen-bond donors (Lipinski definition) is 1. The fourth-order valence-corrected chi connectivity index (χ4v) is 4.28. The zero-order chi connectivity index (χ0) is 13.4. The van der Waals surface area contributed by atoms with Crippen LogP contribution >= 0.6 is 38.6 Å². The Hall–Kier alpha value is -0.910. The lowest BCUT2D eigenvalue weighted by atomic mass is 10.3. The molecule has 1 aromatic carbocycles. The number of thiophene rings is 1. The Labute approximate surface area is 128 Å². The van der Waals surface area contributed by atoms with E-state index in [9.17, 15) is 0 Å². The summed E-state index contributed by atoms with van der Waals surface area (Å²) in [6.45, 7) is 5.17. The molecule has 98 valence electrons. The van der Waals surface area contributed by atoms with Gasteiger partial charge < -0.3 is 5.32 Å². The van der Waals surface area contributed by atoms with Crippen molar-refractivity contribution in [3.63, 3.8) is 0 Å². The van der Waals surface area contributed by atoms with Crippen molar-refractivity contribution >= 4 is 54.0 Å². The number of rotatable bonds is 3. The molecule has 0 amide bonds. The van der Waals surface area contributed by atoms with Crippen molar-refractivity contribution in [2.45, 2.75) is 20.4 Å². The summed E-state index contributed by atoms with van der Waals surface area (Å²) in [5, 5.41) is 4.40. The number of hydrogen-bond acceptors (Lipinski definition) is 4. The lowest BCUT2D eigenvalue weighted by Crippen LogP contribution is -1.96. The van der Waals surface area contributed by atoms with Crippen LogP contribution in [0.4, 0.5) is 5.13 Å². The summed E-state index contributed by atoms with van der Waals surface area (Å²) in [6.07, 6.45) is 0. The number of nitrogens with zero attached hydrogens (tertiary/aromatic N) is 1. The fourth-order valence-electron chi connectivity index (χ4n) is 1.87. The van der Waals surface area contributed by atoms with Gasteiger partial charge in [-0.25, -0.2) is 4.98 Å². The smallest absolute Gasteiger partial charge is 0.184 e. The molecule has 0 spiro atoms. The minimum atomic E-state index is 0.848. The average molecular weight is 353 g/mol. The van der Waals surface area contributed by atoms with E-state index in [1.54, 1.807) is 11.3 Å². The first-order valence-corrected chi connectivity index (χ1v) is 8.40. The van der Waals surface area contributed by atoms with Gasteiger partial charge in [-0.05, 0) is 43.7 Å². The summed E-state index contributed by atoms with van der Waals surface area (Å²) in [5.41, 5.74) is 2.42. The van der Waals surface area contributed by atoms with Crippen LogP contribution in [0.25, 0.3) is 10.2 Å². The van der Waals surface area contributed by atoms with Crippen LogP contribution in [0, 0.1) is 13.8 Å². The first-order chi connectivity index (χ1) is 9.11. The van der Waals surface area contributed by atoms with E-state index in [4.69, 9.17) is 0 Å². The topological polar surface area (TPSA) is 24.9 Å². The highest BCUT2D eigenvalue weighted by atomic mass is 79.9. The number of fused-ring (bicyclic) bond motifs is 1. The maximum Gasteiger partial charge on any atom is 0.184 e. The Balaban J connectivity index is 1.78. The van der Waals surface area contributed by atoms with E-state index in [2.05, 4.69) is 52.2 Å². The number of benzene rings is 1. The Morgan fingerprint density at radius 2 is 2.05 bits per heavy atom. The third-order valence-corrected chi connectivity index (χ3v) is 5.60. The third-order valence-electron chi connectivity index (χ3n) is 2.98. The maximum absolute atomic E-state index is 4.59. The summed E-state index contributed by atoms with van der Waals surface area (Å²) in [7, 11) is 0. The van der Waals surface area contributed by atoms with Crippen LogP contribution in [-0.2, 0) is 6.54 Å². The van der Waals surface area contributed by atoms with Crippen molar-refractivity contribution in [1.29, 1.82) is 0 Å². The van der Waals surface area contributed by atoms with Gasteiger partial charge in [-0.3, -0.25) is 0 Å². The van der Waals surface area contributed by atoms with Gasteiger partial charge in [0.15, 0.2) is 5.13 Å². The number of halogens is 1. The summed E-state index contributed by atoms with van der Waals surface area (Å²) in [4.78, 5) is 7.34. The monoisotopic (exact) mass is 352 g/mol. The van der Waals surface area contributed by atoms with Gasteiger partial charge in [0.25, 0.3) is 0 Å². The molecule has 3 aromatic rings. The van der Waals surface area contributed by atoms with Crippen LogP contribution in [0.15, 0.2) is 28.7 Å². The molecular formula is C14H13BrN2S2. The van der Waals surface area contributed by atoms with Gasteiger partial charge in [0.2, 0.25) is 0 Å². The van der Waals surface area contributed by atoms with E-state index in [1.165, 1.54) is 20.0 Å². The van der Waals surface area contributed by atoms with Gasteiger partial charge in [0, 0.05) is 14.2 Å². The van der Waals surface area contributed by atoms with Crippen LogP contribution in [-0.4, -0.2) is 4.98 Å². The fraction of sp³-hybridized carbons (Fsp3) is 0.214. The molecule has 0 fully saturated rings. The van der Waals surface area contributed by atoms with E-state index < -0.39 is 0 Å². The number of aromatic nitrogens is 1. The van der Waals surface area contributed by atoms with Gasteiger partial charge >= 0.3 is 0 Å². The standard InChI is InChI=1S/C14H13BrN2S2/c1-8-5-11(18-9(8)2)7-16-14-17-12-4-3-10(15)6-13(12)19-14/h3-6H,7H2,1-2H3,(H,16,17). The van der Waals surface area contributed by atoms with Crippen molar-refractivity contribution < 1.29 is 0 Å². The summed E-state index contributed by atoms with van der Waals surface area (Å²) >= 11 is 7.03. The van der Waals surface area contributed by atoms with Crippen LogP contribution in [0.5, 0.6) is 0 Å². The molecule has 0 saturated heterocycles. The van der Waals surface area contributed by atoms with E-state index in [-0.39, 0.29) is 0 Å². The van der Waals surface area contributed by atoms with Crippen molar-refractivity contribution in [1.82, 2.24) is 4.98 Å². The van der Waals surface area contributed by atoms with Crippen LogP contribution in [0.3, 0.4) is 0 Å². The molecule has 0 atom stereocenters. The Morgan fingerprint density at radius 3 is 2.79 bits per heavy atom. The molecule has 2 heterocycles. The number of aryl methyl sites for hydroxylation is 2. The maximum atomic E-state index is 4.59. The Bertz CT molecular complexity index is 711. The zero-order valence-corrected chi connectivity index (χ0v) is 13.9. The SMILES string of the molecule is Cc1cc(CNc2nc3ccc(Br)cc3s2)sc1C. The number of anilines is 1. The quantitative estimate of drug-likeness (QED) is 0.687.